The molecule has 2 aliphatic rings. The maximum Gasteiger partial charge on any atom is 0.231 e. The highest BCUT2D eigenvalue weighted by molar-refractivity contribution is 6.15. The number of carbonyl (C=O) groups excluding carboxylic acids is 1. The van der Waals surface area contributed by atoms with Crippen molar-refractivity contribution in [3.05, 3.63) is 94.5 Å². The van der Waals surface area contributed by atoms with Gasteiger partial charge in [0.25, 0.3) is 0 Å². The number of benzene rings is 2. The zero-order valence-corrected chi connectivity index (χ0v) is 17.0. The van der Waals surface area contributed by atoms with Crippen LogP contribution in [0.4, 0.5) is 0 Å². The minimum absolute atomic E-state index is 0.0963. The summed E-state index contributed by atoms with van der Waals surface area (Å²) in [6.45, 7) is 5.34. The average Bonchev–Trinajstić information content (AvgIpc) is 3.10. The number of hydrogen-bond donors (Lipinski definition) is 0. The van der Waals surface area contributed by atoms with Crippen LogP contribution >= 0.6 is 0 Å². The van der Waals surface area contributed by atoms with Crippen LogP contribution in [0.1, 0.15) is 45.6 Å². The summed E-state index contributed by atoms with van der Waals surface area (Å²) < 4.78 is 12.1. The average molecular weight is 398 g/mol. The van der Waals surface area contributed by atoms with Crippen LogP contribution in [0.5, 0.6) is 11.5 Å². The molecule has 0 fully saturated rings. The molecule has 2 aromatic carbocycles. The number of Topliss-reactive ketones (excluding diaryl/α,β-unsaturated/α-hetero) is 1. The molecule has 150 valence electrons. The second kappa shape index (κ2) is 7.43. The van der Waals surface area contributed by atoms with Crippen molar-refractivity contribution in [3.63, 3.8) is 0 Å². The molecule has 1 aromatic heterocycles. The Hall–Kier alpha value is -3.44. The molecule has 30 heavy (non-hydrogen) atoms. The minimum Gasteiger partial charge on any atom is -0.477 e. The van der Waals surface area contributed by atoms with Crippen LogP contribution in [0.15, 0.2) is 66.7 Å². The molecule has 0 saturated heterocycles. The van der Waals surface area contributed by atoms with E-state index in [4.69, 9.17) is 9.47 Å². The van der Waals surface area contributed by atoms with Gasteiger partial charge in [-0.1, -0.05) is 30.3 Å². The Bertz CT molecular complexity index is 1140. The maximum atomic E-state index is 13.0. The van der Waals surface area contributed by atoms with Gasteiger partial charge in [-0.2, -0.15) is 0 Å². The van der Waals surface area contributed by atoms with Crippen LogP contribution in [0, 0.1) is 6.92 Å². The second-order valence-electron chi connectivity index (χ2n) is 7.69. The Morgan fingerprint density at radius 2 is 1.87 bits per heavy atom. The van der Waals surface area contributed by atoms with Crippen molar-refractivity contribution in [1.82, 2.24) is 9.88 Å². The number of pyridine rings is 1. The zero-order chi connectivity index (χ0) is 20.7. The van der Waals surface area contributed by atoms with Crippen LogP contribution in [-0.4, -0.2) is 22.4 Å². The van der Waals surface area contributed by atoms with Crippen molar-refractivity contribution in [2.45, 2.75) is 26.4 Å². The number of ketones is 1. The molecule has 5 rings (SSSR count). The topological polar surface area (TPSA) is 51.7 Å². The molecular weight excluding hydrogens is 376 g/mol. The largest absolute Gasteiger partial charge is 0.477 e. The first-order chi connectivity index (χ1) is 14.6. The lowest BCUT2D eigenvalue weighted by Gasteiger charge is -2.34. The molecule has 0 bridgehead atoms. The third-order valence-electron chi connectivity index (χ3n) is 5.80. The fourth-order valence-corrected chi connectivity index (χ4v) is 4.07. The quantitative estimate of drug-likeness (QED) is 0.586. The van der Waals surface area contributed by atoms with Gasteiger partial charge in [0.1, 0.15) is 18.2 Å². The molecule has 0 radical (unpaired) electrons. The van der Waals surface area contributed by atoms with Gasteiger partial charge < -0.3 is 9.47 Å². The van der Waals surface area contributed by atoms with E-state index in [2.05, 4.69) is 28.9 Å². The van der Waals surface area contributed by atoms with E-state index in [0.717, 1.165) is 29.0 Å². The lowest BCUT2D eigenvalue weighted by Crippen LogP contribution is -2.34. The molecule has 0 spiro atoms. The molecule has 3 aromatic rings. The van der Waals surface area contributed by atoms with Crippen molar-refractivity contribution in [3.8, 4) is 11.5 Å². The number of nitrogens with zero attached hydrogens (tertiary/aromatic N) is 2. The summed E-state index contributed by atoms with van der Waals surface area (Å²) in [7, 11) is 0. The standard InChI is InChI=1S/C25H22N2O3/c1-16-24-20(14-27(15-29-24)17(2)19-6-4-3-5-7-19)13-21-23(28)22(30-25(16)21)12-18-8-10-26-11-9-18/h3-13,17H,14-15H2,1-2H3/b22-12-. The summed E-state index contributed by atoms with van der Waals surface area (Å²) in [4.78, 5) is 19.3. The van der Waals surface area contributed by atoms with Gasteiger partial charge in [0.05, 0.1) is 5.56 Å². The van der Waals surface area contributed by atoms with Gasteiger partial charge >= 0.3 is 0 Å². The molecule has 0 amide bonds. The number of allylic oxidation sites excluding steroid dienone is 1. The highest BCUT2D eigenvalue weighted by Gasteiger charge is 2.34. The molecule has 0 N–H and O–H groups in total. The van der Waals surface area contributed by atoms with E-state index in [-0.39, 0.29) is 11.8 Å². The van der Waals surface area contributed by atoms with Crippen LogP contribution in [0.2, 0.25) is 0 Å². The third kappa shape index (κ3) is 3.17. The van der Waals surface area contributed by atoms with E-state index >= 15 is 0 Å². The Morgan fingerprint density at radius 3 is 2.63 bits per heavy atom. The first-order valence-corrected chi connectivity index (χ1v) is 10.0. The van der Waals surface area contributed by atoms with Crippen LogP contribution in [-0.2, 0) is 6.54 Å². The number of fused-ring (bicyclic) bond motifs is 2. The van der Waals surface area contributed by atoms with E-state index < -0.39 is 0 Å². The van der Waals surface area contributed by atoms with Gasteiger partial charge in [0.15, 0.2) is 5.76 Å². The molecule has 1 unspecified atom stereocenters. The fraction of sp³-hybridized carbons (Fsp3) is 0.200. The summed E-state index contributed by atoms with van der Waals surface area (Å²) in [5, 5.41) is 0. The summed E-state index contributed by atoms with van der Waals surface area (Å²) in [6, 6.07) is 16.2. The smallest absolute Gasteiger partial charge is 0.231 e. The Labute approximate surface area is 175 Å². The Kier molecular flexibility index (Phi) is 4.60. The van der Waals surface area contributed by atoms with E-state index in [0.29, 0.717) is 23.8 Å². The van der Waals surface area contributed by atoms with Gasteiger partial charge in [0, 0.05) is 36.1 Å². The van der Waals surface area contributed by atoms with Crippen LogP contribution in [0.3, 0.4) is 0 Å². The predicted octanol–water partition coefficient (Wildman–Crippen LogP) is 4.92. The second-order valence-corrected chi connectivity index (χ2v) is 7.69. The van der Waals surface area contributed by atoms with Crippen LogP contribution in [0.25, 0.3) is 6.08 Å². The normalized spacial score (nSPS) is 17.8. The number of carbonyl (C=O) groups is 1. The number of aromatic nitrogens is 1. The first-order valence-electron chi connectivity index (χ1n) is 10.0. The van der Waals surface area contributed by atoms with E-state index in [1.807, 2.05) is 43.3 Å². The molecule has 0 aliphatic carbocycles. The van der Waals surface area contributed by atoms with Crippen molar-refractivity contribution in [2.75, 3.05) is 6.73 Å². The monoisotopic (exact) mass is 398 g/mol. The zero-order valence-electron chi connectivity index (χ0n) is 17.0. The van der Waals surface area contributed by atoms with Crippen molar-refractivity contribution in [1.29, 1.82) is 0 Å². The molecule has 5 heteroatoms. The molecule has 2 aliphatic heterocycles. The van der Waals surface area contributed by atoms with Crippen molar-refractivity contribution >= 4 is 11.9 Å². The number of rotatable bonds is 3. The molecule has 0 saturated carbocycles. The van der Waals surface area contributed by atoms with Crippen LogP contribution < -0.4 is 9.47 Å². The highest BCUT2D eigenvalue weighted by Crippen LogP contribution is 2.44. The van der Waals surface area contributed by atoms with Gasteiger partial charge in [0.2, 0.25) is 5.78 Å². The molecule has 3 heterocycles. The fourth-order valence-electron chi connectivity index (χ4n) is 4.07. The molecular formula is C25H22N2O3. The predicted molar refractivity (Wildman–Crippen MR) is 114 cm³/mol. The van der Waals surface area contributed by atoms with Gasteiger partial charge in [-0.05, 0) is 49.2 Å². The lowest BCUT2D eigenvalue weighted by atomic mass is 9.99. The van der Waals surface area contributed by atoms with E-state index in [1.165, 1.54) is 5.56 Å². The lowest BCUT2D eigenvalue weighted by molar-refractivity contribution is 0.0609. The van der Waals surface area contributed by atoms with Gasteiger partial charge in [-0.15, -0.1) is 0 Å². The summed E-state index contributed by atoms with van der Waals surface area (Å²) >= 11 is 0. The summed E-state index contributed by atoms with van der Waals surface area (Å²) in [5.41, 5.74) is 4.61. The van der Waals surface area contributed by atoms with E-state index in [9.17, 15) is 4.79 Å². The third-order valence-corrected chi connectivity index (χ3v) is 5.80. The highest BCUT2D eigenvalue weighted by atomic mass is 16.5. The SMILES string of the molecule is Cc1c2c(cc3c1O/C(=C\c1ccncc1)C3=O)CN(C(C)c1ccccc1)CO2. The molecule has 1 atom stereocenters. The first kappa shape index (κ1) is 18.6. The minimum atomic E-state index is -0.0963. The van der Waals surface area contributed by atoms with E-state index in [1.54, 1.807) is 18.5 Å². The summed E-state index contributed by atoms with van der Waals surface area (Å²) in [6.07, 6.45) is 5.14. The van der Waals surface area contributed by atoms with Gasteiger partial charge in [-0.25, -0.2) is 0 Å². The van der Waals surface area contributed by atoms with Gasteiger partial charge in [-0.3, -0.25) is 14.7 Å². The number of hydrogen-bond acceptors (Lipinski definition) is 5. The van der Waals surface area contributed by atoms with Crippen molar-refractivity contribution < 1.29 is 14.3 Å². The Morgan fingerprint density at radius 1 is 1.10 bits per heavy atom. The molecule has 5 nitrogen and oxygen atoms in total. The summed E-state index contributed by atoms with van der Waals surface area (Å²) in [5.74, 6) is 1.66. The maximum absolute atomic E-state index is 13.0. The number of ether oxygens (including phenoxy) is 2. The van der Waals surface area contributed by atoms with Crippen molar-refractivity contribution in [2.24, 2.45) is 0 Å². The Balaban J connectivity index is 1.46.